The van der Waals surface area contributed by atoms with Gasteiger partial charge in [0.25, 0.3) is 0 Å². The number of hydrogen-bond acceptors (Lipinski definition) is 2. The summed E-state index contributed by atoms with van der Waals surface area (Å²) in [7, 11) is 0. The molecule has 0 aliphatic rings. The van der Waals surface area contributed by atoms with Gasteiger partial charge in [-0.25, -0.2) is 4.98 Å². The second-order valence-corrected chi connectivity index (χ2v) is 5.41. The van der Waals surface area contributed by atoms with Gasteiger partial charge >= 0.3 is 0 Å². The number of rotatable bonds is 7. The molecule has 0 aliphatic carbocycles. The van der Waals surface area contributed by atoms with Gasteiger partial charge in [-0.3, -0.25) is 0 Å². The molecule has 4 heteroatoms. The highest BCUT2D eigenvalue weighted by atomic mass is 35.5. The highest BCUT2D eigenvalue weighted by molar-refractivity contribution is 6.16. The molecule has 2 aromatic rings. The van der Waals surface area contributed by atoms with Crippen LogP contribution in [0.5, 0.6) is 5.75 Å². The van der Waals surface area contributed by atoms with Crippen LogP contribution in [-0.2, 0) is 5.88 Å². The van der Waals surface area contributed by atoms with Crippen LogP contribution in [0.3, 0.4) is 0 Å². The minimum atomic E-state index is 0.403. The Bertz CT molecular complexity index is 565. The summed E-state index contributed by atoms with van der Waals surface area (Å²) in [5.74, 6) is 2.21. The molecule has 0 bridgehead atoms. The molecule has 0 saturated heterocycles. The van der Waals surface area contributed by atoms with E-state index in [0.29, 0.717) is 18.5 Å². The topological polar surface area (TPSA) is 27.1 Å². The summed E-state index contributed by atoms with van der Waals surface area (Å²) < 4.78 is 8.06. The molecule has 3 nitrogen and oxygen atoms in total. The lowest BCUT2D eigenvalue weighted by atomic mass is 10.2. The standard InChI is InChI=1S/C16H23ClN2O/c1-4-7-12(3)19-13-8-6-9-14(20-10-5-2)16(13)18-15(19)11-17/h6,8-9,12H,4-5,7,10-11H2,1-3H3. The van der Waals surface area contributed by atoms with E-state index < -0.39 is 0 Å². The lowest BCUT2D eigenvalue weighted by molar-refractivity contribution is 0.320. The van der Waals surface area contributed by atoms with E-state index >= 15 is 0 Å². The molecule has 2 rings (SSSR count). The number of nitrogens with zero attached hydrogens (tertiary/aromatic N) is 2. The molecule has 1 aromatic heterocycles. The van der Waals surface area contributed by atoms with Crippen LogP contribution in [-0.4, -0.2) is 16.2 Å². The van der Waals surface area contributed by atoms with E-state index in [1.807, 2.05) is 12.1 Å². The predicted molar refractivity (Wildman–Crippen MR) is 84.7 cm³/mol. The maximum absolute atomic E-state index is 6.08. The number of alkyl halides is 1. The molecular weight excluding hydrogens is 272 g/mol. The molecule has 0 fully saturated rings. The van der Waals surface area contributed by atoms with Gasteiger partial charge in [-0.1, -0.05) is 26.3 Å². The summed E-state index contributed by atoms with van der Waals surface area (Å²) >= 11 is 6.08. The number of hydrogen-bond donors (Lipinski definition) is 0. The highest BCUT2D eigenvalue weighted by Crippen LogP contribution is 2.30. The smallest absolute Gasteiger partial charge is 0.147 e. The molecule has 1 unspecified atom stereocenters. The van der Waals surface area contributed by atoms with E-state index in [4.69, 9.17) is 21.3 Å². The normalized spacial score (nSPS) is 12.8. The van der Waals surface area contributed by atoms with Gasteiger partial charge in [-0.2, -0.15) is 0 Å². The molecule has 0 saturated carbocycles. The molecule has 0 spiro atoms. The van der Waals surface area contributed by atoms with Crippen LogP contribution in [0.4, 0.5) is 0 Å². The zero-order valence-electron chi connectivity index (χ0n) is 12.5. The molecule has 0 aliphatic heterocycles. The van der Waals surface area contributed by atoms with Crippen molar-refractivity contribution in [1.82, 2.24) is 9.55 Å². The van der Waals surface area contributed by atoms with Crippen LogP contribution < -0.4 is 4.74 Å². The molecule has 0 amide bonds. The number of halogens is 1. The van der Waals surface area contributed by atoms with Crippen LogP contribution in [0, 0.1) is 0 Å². The molecule has 1 aromatic carbocycles. The van der Waals surface area contributed by atoms with Crippen molar-refractivity contribution in [3.05, 3.63) is 24.0 Å². The van der Waals surface area contributed by atoms with Gasteiger partial charge in [-0.05, 0) is 31.9 Å². The largest absolute Gasteiger partial charge is 0.491 e. The number of aromatic nitrogens is 2. The van der Waals surface area contributed by atoms with Gasteiger partial charge in [-0.15, -0.1) is 11.6 Å². The van der Waals surface area contributed by atoms with Gasteiger partial charge in [0.2, 0.25) is 0 Å². The van der Waals surface area contributed by atoms with Crippen molar-refractivity contribution in [3.8, 4) is 5.75 Å². The fourth-order valence-corrected chi connectivity index (χ4v) is 2.79. The third-order valence-corrected chi connectivity index (χ3v) is 3.72. The molecular formula is C16H23ClN2O. The van der Waals surface area contributed by atoms with Crippen molar-refractivity contribution in [2.45, 2.75) is 52.0 Å². The third-order valence-electron chi connectivity index (χ3n) is 3.48. The second kappa shape index (κ2) is 6.98. The molecule has 0 N–H and O–H groups in total. The number of para-hydroxylation sites is 1. The summed E-state index contributed by atoms with van der Waals surface area (Å²) in [6, 6.07) is 6.52. The molecule has 20 heavy (non-hydrogen) atoms. The maximum Gasteiger partial charge on any atom is 0.147 e. The van der Waals surface area contributed by atoms with Gasteiger partial charge in [0.15, 0.2) is 0 Å². The fourth-order valence-electron chi connectivity index (χ4n) is 2.60. The first-order chi connectivity index (χ1) is 9.72. The van der Waals surface area contributed by atoms with Crippen LogP contribution in [0.1, 0.15) is 51.9 Å². The second-order valence-electron chi connectivity index (χ2n) is 5.14. The molecule has 1 heterocycles. The quantitative estimate of drug-likeness (QED) is 0.677. The monoisotopic (exact) mass is 294 g/mol. The first kappa shape index (κ1) is 15.2. The summed E-state index contributed by atoms with van der Waals surface area (Å²) in [5.41, 5.74) is 2.05. The van der Waals surface area contributed by atoms with Crippen LogP contribution in [0.15, 0.2) is 18.2 Å². The Morgan fingerprint density at radius 3 is 2.75 bits per heavy atom. The Morgan fingerprint density at radius 1 is 1.30 bits per heavy atom. The first-order valence-electron chi connectivity index (χ1n) is 7.41. The number of ether oxygens (including phenoxy) is 1. The highest BCUT2D eigenvalue weighted by Gasteiger charge is 2.17. The average Bonchev–Trinajstić information content (AvgIpc) is 2.84. The van der Waals surface area contributed by atoms with Gasteiger partial charge < -0.3 is 9.30 Å². The summed E-state index contributed by atoms with van der Waals surface area (Å²) in [6.07, 6.45) is 3.26. The fraction of sp³-hybridized carbons (Fsp3) is 0.562. The SMILES string of the molecule is CCCOc1cccc2c1nc(CCl)n2C(C)CCC. The third kappa shape index (κ3) is 2.93. The Labute approximate surface area is 125 Å². The number of benzene rings is 1. The average molecular weight is 295 g/mol. The Kier molecular flexibility index (Phi) is 5.30. The van der Waals surface area contributed by atoms with E-state index in [9.17, 15) is 0 Å². The van der Waals surface area contributed by atoms with Crippen molar-refractivity contribution in [1.29, 1.82) is 0 Å². The molecule has 110 valence electrons. The predicted octanol–water partition coefficient (Wildman–Crippen LogP) is 4.93. The van der Waals surface area contributed by atoms with Crippen molar-refractivity contribution in [3.63, 3.8) is 0 Å². The van der Waals surface area contributed by atoms with Gasteiger partial charge in [0.05, 0.1) is 18.0 Å². The molecule has 0 radical (unpaired) electrons. The van der Waals surface area contributed by atoms with Gasteiger partial charge in [0, 0.05) is 6.04 Å². The first-order valence-corrected chi connectivity index (χ1v) is 7.94. The lowest BCUT2D eigenvalue weighted by Crippen LogP contribution is -2.08. The van der Waals surface area contributed by atoms with Crippen molar-refractivity contribution in [2.75, 3.05) is 6.61 Å². The minimum Gasteiger partial charge on any atom is -0.491 e. The summed E-state index contributed by atoms with van der Waals surface area (Å²) in [6.45, 7) is 7.24. The van der Waals surface area contributed by atoms with Crippen LogP contribution in [0.25, 0.3) is 11.0 Å². The number of imidazole rings is 1. The van der Waals surface area contributed by atoms with E-state index in [1.54, 1.807) is 0 Å². The maximum atomic E-state index is 6.08. The van der Waals surface area contributed by atoms with E-state index in [0.717, 1.165) is 41.9 Å². The van der Waals surface area contributed by atoms with E-state index in [1.165, 1.54) is 0 Å². The van der Waals surface area contributed by atoms with E-state index in [2.05, 4.69) is 31.4 Å². The summed E-state index contributed by atoms with van der Waals surface area (Å²) in [5, 5.41) is 0. The van der Waals surface area contributed by atoms with Crippen molar-refractivity contribution < 1.29 is 4.74 Å². The van der Waals surface area contributed by atoms with Crippen molar-refractivity contribution >= 4 is 22.6 Å². The van der Waals surface area contributed by atoms with Crippen molar-refractivity contribution in [2.24, 2.45) is 0 Å². The Morgan fingerprint density at radius 2 is 2.10 bits per heavy atom. The van der Waals surface area contributed by atoms with E-state index in [-0.39, 0.29) is 0 Å². The van der Waals surface area contributed by atoms with Gasteiger partial charge in [0.1, 0.15) is 17.1 Å². The van der Waals surface area contributed by atoms with Crippen LogP contribution >= 0.6 is 11.6 Å². The zero-order chi connectivity index (χ0) is 14.5. The lowest BCUT2D eigenvalue weighted by Gasteiger charge is -2.16. The van der Waals surface area contributed by atoms with Crippen LogP contribution in [0.2, 0.25) is 0 Å². The Balaban J connectivity index is 2.50. The number of fused-ring (bicyclic) bond motifs is 1. The zero-order valence-corrected chi connectivity index (χ0v) is 13.3. The molecule has 1 atom stereocenters. The summed E-state index contributed by atoms with van der Waals surface area (Å²) in [4.78, 5) is 4.69. The Hall–Kier alpha value is -1.22. The minimum absolute atomic E-state index is 0.403.